The molecule has 20 heavy (non-hydrogen) atoms. The summed E-state index contributed by atoms with van der Waals surface area (Å²) in [6.07, 6.45) is 7.15. The fourth-order valence-electron chi connectivity index (χ4n) is 2.62. The van der Waals surface area contributed by atoms with E-state index in [0.717, 1.165) is 18.5 Å². The van der Waals surface area contributed by atoms with Crippen LogP contribution in [0.3, 0.4) is 0 Å². The summed E-state index contributed by atoms with van der Waals surface area (Å²) in [6, 6.07) is 7.69. The molecule has 2 amide bonds. The molecule has 0 atom stereocenters. The third kappa shape index (κ3) is 4.44. The summed E-state index contributed by atoms with van der Waals surface area (Å²) in [5.74, 6) is 0.714. The zero-order chi connectivity index (χ0) is 14.2. The van der Waals surface area contributed by atoms with E-state index in [4.69, 9.17) is 4.74 Å². The Balaban J connectivity index is 1.90. The Bertz CT molecular complexity index is 426. The molecular weight excluding hydrogens is 252 g/mol. The second kappa shape index (κ2) is 7.78. The molecule has 0 bridgehead atoms. The molecule has 0 heterocycles. The number of carbonyl (C=O) groups excluding carboxylic acids is 1. The zero-order valence-electron chi connectivity index (χ0n) is 12.2. The van der Waals surface area contributed by atoms with Crippen LogP contribution in [-0.2, 0) is 0 Å². The number of nitrogens with one attached hydrogen (secondary N) is 2. The van der Waals surface area contributed by atoms with Crippen molar-refractivity contribution in [1.82, 2.24) is 5.32 Å². The number of carbonyl (C=O) groups is 1. The number of hydrogen-bond acceptors (Lipinski definition) is 2. The van der Waals surface area contributed by atoms with Gasteiger partial charge in [0, 0.05) is 6.04 Å². The van der Waals surface area contributed by atoms with Gasteiger partial charge in [0.05, 0.1) is 12.3 Å². The van der Waals surface area contributed by atoms with Crippen LogP contribution in [-0.4, -0.2) is 18.7 Å². The molecule has 0 radical (unpaired) electrons. The number of rotatable bonds is 4. The van der Waals surface area contributed by atoms with Gasteiger partial charge < -0.3 is 15.4 Å². The maximum atomic E-state index is 12.1. The molecule has 0 unspecified atom stereocenters. The topological polar surface area (TPSA) is 50.4 Å². The van der Waals surface area contributed by atoms with E-state index in [1.165, 1.54) is 25.7 Å². The quantitative estimate of drug-likeness (QED) is 0.819. The monoisotopic (exact) mass is 276 g/mol. The van der Waals surface area contributed by atoms with Crippen LogP contribution in [0, 0.1) is 0 Å². The lowest BCUT2D eigenvalue weighted by atomic mass is 10.1. The van der Waals surface area contributed by atoms with Gasteiger partial charge in [-0.1, -0.05) is 37.8 Å². The first-order chi connectivity index (χ1) is 9.79. The van der Waals surface area contributed by atoms with Crippen molar-refractivity contribution < 1.29 is 9.53 Å². The van der Waals surface area contributed by atoms with Gasteiger partial charge in [0.25, 0.3) is 0 Å². The molecule has 4 heteroatoms. The number of benzene rings is 1. The van der Waals surface area contributed by atoms with Gasteiger partial charge in [-0.25, -0.2) is 4.79 Å². The molecule has 1 aliphatic rings. The van der Waals surface area contributed by atoms with Crippen molar-refractivity contribution >= 4 is 11.7 Å². The summed E-state index contributed by atoms with van der Waals surface area (Å²) in [6.45, 7) is 2.52. The molecule has 2 rings (SSSR count). The Hall–Kier alpha value is -1.71. The zero-order valence-corrected chi connectivity index (χ0v) is 12.2. The van der Waals surface area contributed by atoms with Crippen LogP contribution >= 0.6 is 0 Å². The smallest absolute Gasteiger partial charge is 0.319 e. The van der Waals surface area contributed by atoms with Crippen LogP contribution in [0.1, 0.15) is 45.4 Å². The number of hydrogen-bond donors (Lipinski definition) is 2. The number of urea groups is 1. The average Bonchev–Trinajstić information content (AvgIpc) is 2.70. The van der Waals surface area contributed by atoms with Crippen LogP contribution in [0.2, 0.25) is 0 Å². The van der Waals surface area contributed by atoms with Crippen molar-refractivity contribution in [3.05, 3.63) is 24.3 Å². The predicted octanol–water partition coefficient (Wildman–Crippen LogP) is 3.93. The Morgan fingerprint density at radius 1 is 1.20 bits per heavy atom. The second-order valence-electron chi connectivity index (χ2n) is 5.22. The van der Waals surface area contributed by atoms with Gasteiger partial charge in [-0.3, -0.25) is 0 Å². The van der Waals surface area contributed by atoms with Crippen molar-refractivity contribution in [2.75, 3.05) is 11.9 Å². The van der Waals surface area contributed by atoms with Gasteiger partial charge in [0.15, 0.2) is 0 Å². The summed E-state index contributed by atoms with van der Waals surface area (Å²) in [4.78, 5) is 12.1. The fourth-order valence-corrected chi connectivity index (χ4v) is 2.62. The minimum atomic E-state index is -0.135. The van der Waals surface area contributed by atoms with E-state index in [1.54, 1.807) is 0 Å². The lowest BCUT2D eigenvalue weighted by molar-refractivity contribution is 0.247. The van der Waals surface area contributed by atoms with E-state index in [2.05, 4.69) is 10.6 Å². The first kappa shape index (κ1) is 14.7. The van der Waals surface area contributed by atoms with Gasteiger partial charge >= 0.3 is 6.03 Å². The molecule has 0 aromatic heterocycles. The van der Waals surface area contributed by atoms with Gasteiger partial charge in [-0.2, -0.15) is 0 Å². The van der Waals surface area contributed by atoms with Crippen LogP contribution in [0.4, 0.5) is 10.5 Å². The maximum absolute atomic E-state index is 12.1. The summed E-state index contributed by atoms with van der Waals surface area (Å²) in [7, 11) is 0. The highest BCUT2D eigenvalue weighted by Crippen LogP contribution is 2.24. The van der Waals surface area contributed by atoms with E-state index in [1.807, 2.05) is 31.2 Å². The Labute approximate surface area is 120 Å². The van der Waals surface area contributed by atoms with Gasteiger partial charge in [-0.05, 0) is 31.9 Å². The highest BCUT2D eigenvalue weighted by Gasteiger charge is 2.15. The molecule has 1 aromatic rings. The summed E-state index contributed by atoms with van der Waals surface area (Å²) in [5, 5.41) is 5.96. The normalized spacial score (nSPS) is 16.2. The molecule has 0 aliphatic heterocycles. The standard InChI is InChI=1S/C16H24N2O2/c1-2-20-15-12-8-7-11-14(15)18-16(19)17-13-9-5-3-4-6-10-13/h7-8,11-13H,2-6,9-10H2,1H3,(H2,17,18,19). The molecule has 1 aliphatic carbocycles. The van der Waals surface area contributed by atoms with Crippen molar-refractivity contribution in [2.24, 2.45) is 0 Å². The van der Waals surface area contributed by atoms with E-state index >= 15 is 0 Å². The first-order valence-electron chi connectivity index (χ1n) is 7.59. The third-order valence-corrected chi connectivity index (χ3v) is 3.63. The first-order valence-corrected chi connectivity index (χ1v) is 7.59. The summed E-state index contributed by atoms with van der Waals surface area (Å²) in [5.41, 5.74) is 0.723. The fraction of sp³-hybridized carbons (Fsp3) is 0.562. The van der Waals surface area contributed by atoms with Crippen LogP contribution in [0.15, 0.2) is 24.3 Å². The van der Waals surface area contributed by atoms with E-state index in [-0.39, 0.29) is 6.03 Å². The lowest BCUT2D eigenvalue weighted by Gasteiger charge is -2.17. The molecule has 0 spiro atoms. The van der Waals surface area contributed by atoms with Crippen molar-refractivity contribution in [3.8, 4) is 5.75 Å². The SMILES string of the molecule is CCOc1ccccc1NC(=O)NC1CCCCCC1. The van der Waals surface area contributed by atoms with Crippen molar-refractivity contribution in [2.45, 2.75) is 51.5 Å². The largest absolute Gasteiger partial charge is 0.492 e. The van der Waals surface area contributed by atoms with E-state index in [0.29, 0.717) is 18.4 Å². The number of para-hydroxylation sites is 2. The molecule has 2 N–H and O–H groups in total. The summed E-state index contributed by atoms with van der Waals surface area (Å²) >= 11 is 0. The lowest BCUT2D eigenvalue weighted by Crippen LogP contribution is -2.37. The second-order valence-corrected chi connectivity index (χ2v) is 5.22. The minimum absolute atomic E-state index is 0.135. The Kier molecular flexibility index (Phi) is 5.71. The third-order valence-electron chi connectivity index (χ3n) is 3.63. The molecule has 1 fully saturated rings. The highest BCUT2D eigenvalue weighted by atomic mass is 16.5. The average molecular weight is 276 g/mol. The highest BCUT2D eigenvalue weighted by molar-refractivity contribution is 5.91. The van der Waals surface area contributed by atoms with Gasteiger partial charge in [0.2, 0.25) is 0 Å². The van der Waals surface area contributed by atoms with E-state index < -0.39 is 0 Å². The minimum Gasteiger partial charge on any atom is -0.492 e. The molecule has 110 valence electrons. The van der Waals surface area contributed by atoms with Crippen LogP contribution < -0.4 is 15.4 Å². The maximum Gasteiger partial charge on any atom is 0.319 e. The molecule has 1 aromatic carbocycles. The predicted molar refractivity (Wildman–Crippen MR) is 81.3 cm³/mol. The van der Waals surface area contributed by atoms with Crippen LogP contribution in [0.25, 0.3) is 0 Å². The summed E-state index contributed by atoms with van der Waals surface area (Å²) < 4.78 is 5.51. The molecule has 4 nitrogen and oxygen atoms in total. The number of amides is 2. The molecule has 0 saturated heterocycles. The van der Waals surface area contributed by atoms with Crippen LogP contribution in [0.5, 0.6) is 5.75 Å². The van der Waals surface area contributed by atoms with Crippen molar-refractivity contribution in [3.63, 3.8) is 0 Å². The Morgan fingerprint density at radius 3 is 2.60 bits per heavy atom. The van der Waals surface area contributed by atoms with E-state index in [9.17, 15) is 4.79 Å². The van der Waals surface area contributed by atoms with Gasteiger partial charge in [-0.15, -0.1) is 0 Å². The Morgan fingerprint density at radius 2 is 1.90 bits per heavy atom. The number of ether oxygens (including phenoxy) is 1. The van der Waals surface area contributed by atoms with Gasteiger partial charge in [0.1, 0.15) is 5.75 Å². The number of anilines is 1. The van der Waals surface area contributed by atoms with Crippen molar-refractivity contribution in [1.29, 1.82) is 0 Å². The molecular formula is C16H24N2O2. The molecule has 1 saturated carbocycles.